The average molecular weight is 555 g/mol. The highest BCUT2D eigenvalue weighted by atomic mass is 35.5. The van der Waals surface area contributed by atoms with Gasteiger partial charge >= 0.3 is 0 Å². The zero-order valence-corrected chi connectivity index (χ0v) is 23.4. The second kappa shape index (κ2) is 11.1. The number of para-hydroxylation sites is 2. The van der Waals surface area contributed by atoms with Crippen LogP contribution >= 0.6 is 11.6 Å². The molecule has 0 saturated heterocycles. The van der Waals surface area contributed by atoms with Gasteiger partial charge in [0.05, 0.1) is 22.7 Å². The number of nitrogens with one attached hydrogen (secondary N) is 1. The van der Waals surface area contributed by atoms with Gasteiger partial charge in [-0.3, -0.25) is 18.9 Å². The number of hydrogen-bond donors (Lipinski definition) is 1. The minimum absolute atomic E-state index is 0.0414. The number of sulfonamides is 1. The zero-order chi connectivity index (χ0) is 27.6. The molecule has 1 aliphatic rings. The molecule has 1 atom stereocenters. The van der Waals surface area contributed by atoms with Crippen molar-refractivity contribution in [3.05, 3.63) is 82.6 Å². The number of benzene rings is 2. The summed E-state index contributed by atoms with van der Waals surface area (Å²) < 4.78 is 29.4. The number of anilines is 2. The molecule has 1 aromatic heterocycles. The molecule has 38 heavy (non-hydrogen) atoms. The molecule has 0 spiro atoms. The van der Waals surface area contributed by atoms with Gasteiger partial charge in [0.1, 0.15) is 6.04 Å². The Balaban J connectivity index is 1.71. The summed E-state index contributed by atoms with van der Waals surface area (Å²) >= 11 is 6.24. The van der Waals surface area contributed by atoms with Crippen molar-refractivity contribution in [2.75, 3.05) is 16.2 Å². The highest BCUT2D eigenvalue weighted by Gasteiger charge is 2.43. The molecule has 4 rings (SSSR count). The molecule has 0 saturated carbocycles. The van der Waals surface area contributed by atoms with Crippen LogP contribution in [0, 0.1) is 13.8 Å². The highest BCUT2D eigenvalue weighted by Crippen LogP contribution is 2.38. The summed E-state index contributed by atoms with van der Waals surface area (Å²) in [7, 11) is -4.24. The van der Waals surface area contributed by atoms with Crippen LogP contribution < -0.4 is 9.62 Å². The quantitative estimate of drug-likeness (QED) is 0.433. The van der Waals surface area contributed by atoms with E-state index in [2.05, 4.69) is 10.3 Å². The van der Waals surface area contributed by atoms with E-state index in [0.717, 1.165) is 9.87 Å². The molecule has 2 amide bonds. The van der Waals surface area contributed by atoms with E-state index in [1.807, 2.05) is 26.0 Å². The first-order chi connectivity index (χ1) is 18.0. The number of halogens is 1. The maximum absolute atomic E-state index is 14.2. The first-order valence-corrected chi connectivity index (χ1v) is 14.2. The monoisotopic (exact) mass is 554 g/mol. The molecule has 0 bridgehead atoms. The summed E-state index contributed by atoms with van der Waals surface area (Å²) in [5.74, 6) is -0.861. The van der Waals surface area contributed by atoms with Crippen LogP contribution in [0.5, 0.6) is 0 Å². The molecule has 2 heterocycles. The van der Waals surface area contributed by atoms with Crippen LogP contribution in [-0.2, 0) is 26.0 Å². The van der Waals surface area contributed by atoms with Gasteiger partial charge in [-0.1, -0.05) is 23.7 Å². The van der Waals surface area contributed by atoms with Crippen molar-refractivity contribution in [3.63, 3.8) is 0 Å². The Kier molecular flexibility index (Phi) is 8.08. The third-order valence-electron chi connectivity index (χ3n) is 6.68. The van der Waals surface area contributed by atoms with E-state index in [4.69, 9.17) is 11.6 Å². The Morgan fingerprint density at radius 1 is 1.11 bits per heavy atom. The van der Waals surface area contributed by atoms with Crippen LogP contribution in [0.2, 0.25) is 5.02 Å². The number of carbonyl (C=O) groups is 2. The van der Waals surface area contributed by atoms with Crippen LogP contribution in [0.25, 0.3) is 0 Å². The first-order valence-electron chi connectivity index (χ1n) is 12.4. The number of aryl methyl sites for hydroxylation is 2. The molecule has 8 nitrogen and oxygen atoms in total. The van der Waals surface area contributed by atoms with E-state index in [0.29, 0.717) is 40.5 Å². The molecule has 1 N–H and O–H groups in total. The van der Waals surface area contributed by atoms with E-state index in [1.54, 1.807) is 61.5 Å². The van der Waals surface area contributed by atoms with Gasteiger partial charge in [0, 0.05) is 30.0 Å². The lowest BCUT2D eigenvalue weighted by atomic mass is 10.1. The molecular weight excluding hydrogens is 524 g/mol. The largest absolute Gasteiger partial charge is 0.340 e. The molecule has 0 aliphatic carbocycles. The van der Waals surface area contributed by atoms with E-state index in [1.165, 1.54) is 6.07 Å². The third-order valence-corrected chi connectivity index (χ3v) is 9.05. The van der Waals surface area contributed by atoms with Crippen molar-refractivity contribution in [1.82, 2.24) is 9.88 Å². The number of pyridine rings is 1. The lowest BCUT2D eigenvalue weighted by Crippen LogP contribution is -2.53. The van der Waals surface area contributed by atoms with Crippen molar-refractivity contribution in [1.29, 1.82) is 0 Å². The molecular formula is C28H31ClN4O4S. The maximum Gasteiger partial charge on any atom is 0.265 e. The van der Waals surface area contributed by atoms with E-state index in [9.17, 15) is 18.0 Å². The SMILES string of the molecule is Cc1cc(S(=O)(=O)N2c3ccccc3NC(=O)C2CC(=O)N(CCc2ccncc2)C(C)C)c(C)cc1Cl. The van der Waals surface area contributed by atoms with Crippen LogP contribution in [0.15, 0.2) is 65.8 Å². The molecule has 1 aliphatic heterocycles. The fraction of sp³-hybridized carbons (Fsp3) is 0.321. The van der Waals surface area contributed by atoms with Crippen LogP contribution in [0.4, 0.5) is 11.4 Å². The summed E-state index contributed by atoms with van der Waals surface area (Å²) in [5, 5.41) is 3.24. The minimum atomic E-state index is -4.24. The zero-order valence-electron chi connectivity index (χ0n) is 21.8. The molecule has 1 unspecified atom stereocenters. The molecule has 3 aromatic rings. The van der Waals surface area contributed by atoms with E-state index in [-0.39, 0.29) is 23.3 Å². The standard InChI is InChI=1S/C28H31ClN4O4S/c1-18(2)32(14-11-21-9-12-30-13-10-21)27(34)17-25-28(35)31-23-7-5-6-8-24(23)33(25)38(36,37)26-16-19(3)22(29)15-20(26)4/h5-10,12-13,15-16,18,25H,11,14,17H2,1-4H3,(H,31,35). The topological polar surface area (TPSA) is 99.7 Å². The smallest absolute Gasteiger partial charge is 0.265 e. The summed E-state index contributed by atoms with van der Waals surface area (Å²) in [6.45, 7) is 7.60. The number of nitrogens with zero attached hydrogens (tertiary/aromatic N) is 3. The van der Waals surface area contributed by atoms with Gasteiger partial charge in [-0.05, 0) is 87.2 Å². The third kappa shape index (κ3) is 5.54. The van der Waals surface area contributed by atoms with Gasteiger partial charge in [0.25, 0.3) is 10.0 Å². The molecule has 0 radical (unpaired) electrons. The van der Waals surface area contributed by atoms with Gasteiger partial charge in [-0.15, -0.1) is 0 Å². The van der Waals surface area contributed by atoms with Crippen LogP contribution in [-0.4, -0.2) is 48.7 Å². The number of hydrogen-bond acceptors (Lipinski definition) is 5. The Labute approximate surface area is 228 Å². The van der Waals surface area contributed by atoms with Crippen molar-refractivity contribution < 1.29 is 18.0 Å². The van der Waals surface area contributed by atoms with Gasteiger partial charge < -0.3 is 10.2 Å². The summed E-state index contributed by atoms with van der Waals surface area (Å²) in [5.41, 5.74) is 2.76. The fourth-order valence-corrected chi connectivity index (χ4v) is 6.77. The Bertz CT molecular complexity index is 1460. The van der Waals surface area contributed by atoms with Crippen LogP contribution in [0.1, 0.15) is 37.0 Å². The predicted molar refractivity (Wildman–Crippen MR) is 149 cm³/mol. The molecule has 200 valence electrons. The number of carbonyl (C=O) groups excluding carboxylic acids is 2. The fourth-order valence-electron chi connectivity index (χ4n) is 4.63. The van der Waals surface area contributed by atoms with Gasteiger partial charge in [0.2, 0.25) is 11.8 Å². The Morgan fingerprint density at radius 3 is 2.47 bits per heavy atom. The van der Waals surface area contributed by atoms with Crippen molar-refractivity contribution >= 4 is 44.8 Å². The summed E-state index contributed by atoms with van der Waals surface area (Å²) in [6.07, 6.45) is 3.70. The van der Waals surface area contributed by atoms with Gasteiger partial charge in [0.15, 0.2) is 0 Å². The lowest BCUT2D eigenvalue weighted by Gasteiger charge is -2.38. The summed E-state index contributed by atoms with van der Waals surface area (Å²) in [6, 6.07) is 12.2. The van der Waals surface area contributed by atoms with Crippen molar-refractivity contribution in [2.45, 2.75) is 57.5 Å². The van der Waals surface area contributed by atoms with Crippen molar-refractivity contribution in [3.8, 4) is 0 Å². The number of aromatic nitrogens is 1. The first kappa shape index (κ1) is 27.6. The van der Waals surface area contributed by atoms with Crippen LogP contribution in [0.3, 0.4) is 0 Å². The maximum atomic E-state index is 14.2. The van der Waals surface area contributed by atoms with E-state index >= 15 is 0 Å². The second-order valence-electron chi connectivity index (χ2n) is 9.68. The van der Waals surface area contributed by atoms with Gasteiger partial charge in [-0.25, -0.2) is 8.42 Å². The summed E-state index contributed by atoms with van der Waals surface area (Å²) in [4.78, 5) is 32.7. The average Bonchev–Trinajstić information content (AvgIpc) is 2.87. The Hall–Kier alpha value is -3.43. The predicted octanol–water partition coefficient (Wildman–Crippen LogP) is 4.74. The van der Waals surface area contributed by atoms with Crippen molar-refractivity contribution in [2.24, 2.45) is 0 Å². The lowest BCUT2D eigenvalue weighted by molar-refractivity contribution is -0.134. The van der Waals surface area contributed by atoms with Gasteiger partial charge in [-0.2, -0.15) is 0 Å². The number of fused-ring (bicyclic) bond motifs is 1. The second-order valence-corrected chi connectivity index (χ2v) is 11.9. The Morgan fingerprint density at radius 2 is 1.79 bits per heavy atom. The number of amides is 2. The normalized spacial score (nSPS) is 15.3. The number of rotatable bonds is 8. The molecule has 10 heteroatoms. The minimum Gasteiger partial charge on any atom is -0.340 e. The molecule has 2 aromatic carbocycles. The molecule has 0 fully saturated rings. The highest BCUT2D eigenvalue weighted by molar-refractivity contribution is 7.93. The van der Waals surface area contributed by atoms with E-state index < -0.39 is 22.0 Å².